The van der Waals surface area contributed by atoms with Gasteiger partial charge in [0.15, 0.2) is 0 Å². The Bertz CT molecular complexity index is 2460. The summed E-state index contributed by atoms with van der Waals surface area (Å²) in [5.41, 5.74) is 3.39. The summed E-state index contributed by atoms with van der Waals surface area (Å²) in [6.07, 6.45) is 2.55. The second-order valence-corrected chi connectivity index (χ2v) is 13.7. The van der Waals surface area contributed by atoms with Crippen molar-refractivity contribution in [3.05, 3.63) is 192 Å². The standard InChI is InChI=1S/C47H35N/c48-32-46(43-22-19-34-10-2-6-14-38(34)28-43)31-42(41-18-17-33-9-1-5-13-37(33)27-41)25-26-47(46,44-23-20-35-11-3-7-15-39(35)29-44)45-24-21-36-12-4-8-16-40(36)30-45/h1-24,27-30,42H,25-26,31H2. The molecule has 0 amide bonds. The van der Waals surface area contributed by atoms with E-state index in [1.165, 1.54) is 59.8 Å². The summed E-state index contributed by atoms with van der Waals surface area (Å²) in [7, 11) is 0. The number of hydrogen-bond acceptors (Lipinski definition) is 1. The number of nitrogens with zero attached hydrogens (tertiary/aromatic N) is 1. The van der Waals surface area contributed by atoms with E-state index in [2.05, 4.69) is 176 Å². The molecule has 8 aromatic rings. The van der Waals surface area contributed by atoms with Crippen molar-refractivity contribution < 1.29 is 0 Å². The van der Waals surface area contributed by atoms with Crippen molar-refractivity contribution in [3.63, 3.8) is 0 Å². The monoisotopic (exact) mass is 613 g/mol. The molecule has 0 heterocycles. The predicted octanol–water partition coefficient (Wildman–Crippen LogP) is 12.0. The summed E-state index contributed by atoms with van der Waals surface area (Å²) >= 11 is 0. The SMILES string of the molecule is N#CC1(c2ccc3ccccc3c2)CC(c2ccc3ccccc3c2)CCC1(c1ccc2ccccc2c1)c1ccc2ccccc2c1. The van der Waals surface area contributed by atoms with Crippen LogP contribution < -0.4 is 0 Å². The minimum absolute atomic E-state index is 0.231. The minimum Gasteiger partial charge on any atom is -0.197 e. The van der Waals surface area contributed by atoms with E-state index in [9.17, 15) is 5.26 Å². The molecule has 0 aromatic heterocycles. The second-order valence-electron chi connectivity index (χ2n) is 13.7. The average Bonchev–Trinajstić information content (AvgIpc) is 3.16. The van der Waals surface area contributed by atoms with Gasteiger partial charge in [-0.25, -0.2) is 0 Å². The molecule has 1 aliphatic carbocycles. The molecule has 0 aliphatic heterocycles. The van der Waals surface area contributed by atoms with Gasteiger partial charge in [-0.1, -0.05) is 164 Å². The smallest absolute Gasteiger partial charge is 0.0965 e. The van der Waals surface area contributed by atoms with Gasteiger partial charge >= 0.3 is 0 Å². The highest BCUT2D eigenvalue weighted by Crippen LogP contribution is 2.61. The van der Waals surface area contributed by atoms with Crippen molar-refractivity contribution >= 4 is 43.1 Å². The molecule has 2 atom stereocenters. The van der Waals surface area contributed by atoms with Crippen LogP contribution in [0.25, 0.3) is 43.1 Å². The third-order valence-electron chi connectivity index (χ3n) is 11.3. The predicted molar refractivity (Wildman–Crippen MR) is 200 cm³/mol. The lowest BCUT2D eigenvalue weighted by Crippen LogP contribution is -2.53. The molecule has 0 spiro atoms. The Morgan fingerprint density at radius 1 is 0.438 bits per heavy atom. The summed E-state index contributed by atoms with van der Waals surface area (Å²) in [6.45, 7) is 0. The molecule has 1 nitrogen and oxygen atoms in total. The molecule has 48 heavy (non-hydrogen) atoms. The van der Waals surface area contributed by atoms with Crippen molar-refractivity contribution in [2.75, 3.05) is 0 Å². The van der Waals surface area contributed by atoms with E-state index in [1.807, 2.05) is 0 Å². The summed E-state index contributed by atoms with van der Waals surface area (Å²) in [4.78, 5) is 0. The van der Waals surface area contributed by atoms with Crippen LogP contribution in [0.15, 0.2) is 170 Å². The van der Waals surface area contributed by atoms with Crippen LogP contribution in [-0.2, 0) is 10.8 Å². The van der Waals surface area contributed by atoms with Crippen LogP contribution in [-0.4, -0.2) is 0 Å². The topological polar surface area (TPSA) is 23.8 Å². The lowest BCUT2D eigenvalue weighted by Gasteiger charge is -2.53. The molecule has 228 valence electrons. The Morgan fingerprint density at radius 2 is 0.833 bits per heavy atom. The lowest BCUT2D eigenvalue weighted by molar-refractivity contribution is 0.207. The highest BCUT2D eigenvalue weighted by atomic mass is 14.6. The third-order valence-corrected chi connectivity index (χ3v) is 11.3. The maximum atomic E-state index is 11.9. The number of nitriles is 1. The van der Waals surface area contributed by atoms with Crippen molar-refractivity contribution in [3.8, 4) is 6.07 Å². The van der Waals surface area contributed by atoms with Crippen molar-refractivity contribution in [2.24, 2.45) is 0 Å². The summed E-state index contributed by atoms with van der Waals surface area (Å²) in [5, 5.41) is 21.6. The van der Waals surface area contributed by atoms with E-state index >= 15 is 0 Å². The Hall–Kier alpha value is -5.71. The number of rotatable bonds is 4. The minimum atomic E-state index is -0.851. The van der Waals surface area contributed by atoms with Crippen molar-refractivity contribution in [2.45, 2.75) is 36.0 Å². The summed E-state index contributed by atoms with van der Waals surface area (Å²) in [5.74, 6) is 0.231. The van der Waals surface area contributed by atoms with E-state index in [-0.39, 0.29) is 5.92 Å². The molecule has 0 saturated heterocycles. The zero-order valence-electron chi connectivity index (χ0n) is 26.8. The molecule has 1 aliphatic rings. The first-order chi connectivity index (χ1) is 23.7. The maximum Gasteiger partial charge on any atom is 0.0965 e. The second kappa shape index (κ2) is 11.2. The molecular weight excluding hydrogens is 579 g/mol. The largest absolute Gasteiger partial charge is 0.197 e. The van der Waals surface area contributed by atoms with Gasteiger partial charge in [-0.2, -0.15) is 5.26 Å². The Kier molecular flexibility index (Phi) is 6.66. The van der Waals surface area contributed by atoms with E-state index in [1.54, 1.807) is 0 Å². The van der Waals surface area contributed by atoms with Gasteiger partial charge < -0.3 is 0 Å². The fourth-order valence-corrected chi connectivity index (χ4v) is 8.88. The van der Waals surface area contributed by atoms with Crippen LogP contribution in [0.4, 0.5) is 0 Å². The van der Waals surface area contributed by atoms with Crippen LogP contribution in [0.5, 0.6) is 0 Å². The Labute approximate surface area is 281 Å². The van der Waals surface area contributed by atoms with Crippen LogP contribution in [0.3, 0.4) is 0 Å². The molecule has 0 radical (unpaired) electrons. The quantitative estimate of drug-likeness (QED) is 0.194. The number of fused-ring (bicyclic) bond motifs is 4. The first kappa shape index (κ1) is 28.5. The van der Waals surface area contributed by atoms with Crippen LogP contribution >= 0.6 is 0 Å². The van der Waals surface area contributed by atoms with E-state index < -0.39 is 10.8 Å². The van der Waals surface area contributed by atoms with Gasteiger partial charge in [-0.05, 0) is 96.6 Å². The van der Waals surface area contributed by atoms with Crippen LogP contribution in [0.2, 0.25) is 0 Å². The third kappa shape index (κ3) is 4.37. The van der Waals surface area contributed by atoms with E-state index in [4.69, 9.17) is 0 Å². The van der Waals surface area contributed by atoms with E-state index in [0.29, 0.717) is 0 Å². The van der Waals surface area contributed by atoms with Gasteiger partial charge in [-0.3, -0.25) is 0 Å². The van der Waals surface area contributed by atoms with Gasteiger partial charge in [0.2, 0.25) is 0 Å². The highest BCUT2D eigenvalue weighted by molar-refractivity contribution is 5.87. The molecule has 8 aromatic carbocycles. The molecule has 0 bridgehead atoms. The molecular formula is C47H35N. The molecule has 9 rings (SSSR count). The van der Waals surface area contributed by atoms with Gasteiger partial charge in [0.05, 0.1) is 11.5 Å². The van der Waals surface area contributed by atoms with Crippen molar-refractivity contribution in [1.82, 2.24) is 0 Å². The summed E-state index contributed by atoms with van der Waals surface area (Å²) in [6, 6.07) is 65.0. The summed E-state index contributed by atoms with van der Waals surface area (Å²) < 4.78 is 0. The van der Waals surface area contributed by atoms with Crippen LogP contribution in [0, 0.1) is 11.3 Å². The van der Waals surface area contributed by atoms with Crippen LogP contribution in [0.1, 0.15) is 47.4 Å². The van der Waals surface area contributed by atoms with Crippen molar-refractivity contribution in [1.29, 1.82) is 5.26 Å². The zero-order valence-corrected chi connectivity index (χ0v) is 26.8. The first-order valence-electron chi connectivity index (χ1n) is 17.0. The molecule has 1 heteroatoms. The Balaban J connectivity index is 1.34. The molecule has 0 N–H and O–H groups in total. The number of benzene rings is 8. The fourth-order valence-electron chi connectivity index (χ4n) is 8.88. The number of hydrogen-bond donors (Lipinski definition) is 0. The van der Waals surface area contributed by atoms with Gasteiger partial charge in [-0.15, -0.1) is 0 Å². The zero-order chi connectivity index (χ0) is 32.1. The van der Waals surface area contributed by atoms with Gasteiger partial charge in [0.25, 0.3) is 0 Å². The highest BCUT2D eigenvalue weighted by Gasteiger charge is 2.58. The van der Waals surface area contributed by atoms with Gasteiger partial charge in [0, 0.05) is 5.41 Å². The van der Waals surface area contributed by atoms with Gasteiger partial charge in [0.1, 0.15) is 0 Å². The first-order valence-corrected chi connectivity index (χ1v) is 17.0. The molecule has 1 fully saturated rings. The fraction of sp³-hybridized carbons (Fsp3) is 0.128. The average molecular weight is 614 g/mol. The van der Waals surface area contributed by atoms with E-state index in [0.717, 1.165) is 24.8 Å². The normalized spacial score (nSPS) is 19.0. The maximum absolute atomic E-state index is 11.9. The molecule has 1 saturated carbocycles. The lowest BCUT2D eigenvalue weighted by atomic mass is 9.47. The Morgan fingerprint density at radius 3 is 1.31 bits per heavy atom. The molecule has 2 unspecified atom stereocenters.